The van der Waals surface area contributed by atoms with E-state index in [2.05, 4.69) is 25.5 Å². The number of carbonyl (C=O) groups is 1. The number of anilines is 1. The fraction of sp³-hybridized carbons (Fsp3) is 0.560. The number of halogens is 1. The van der Waals surface area contributed by atoms with E-state index in [9.17, 15) is 9.90 Å². The number of hydrogen-bond acceptors (Lipinski definition) is 7. The molecule has 0 bridgehead atoms. The molecule has 2 aromatic rings. The van der Waals surface area contributed by atoms with Crippen LogP contribution in [-0.4, -0.2) is 65.9 Å². The lowest BCUT2D eigenvalue weighted by atomic mass is 9.92. The molecular formula is C25H34ClN5O3. The van der Waals surface area contributed by atoms with Crippen molar-refractivity contribution in [3.05, 3.63) is 46.2 Å². The van der Waals surface area contributed by atoms with E-state index < -0.39 is 6.10 Å². The number of aryl methyl sites for hydroxylation is 2. The Hall–Kier alpha value is -2.42. The molecule has 3 heterocycles. The third-order valence-corrected chi connectivity index (χ3v) is 6.96. The van der Waals surface area contributed by atoms with Crippen molar-refractivity contribution >= 4 is 23.5 Å². The number of nitrogens with one attached hydrogen (secondary N) is 2. The molecule has 2 aliphatic heterocycles. The molecule has 2 atom stereocenters. The van der Waals surface area contributed by atoms with Crippen molar-refractivity contribution < 1.29 is 14.6 Å². The summed E-state index contributed by atoms with van der Waals surface area (Å²) in [7, 11) is 0. The second-order valence-electron chi connectivity index (χ2n) is 9.36. The zero-order valence-corrected chi connectivity index (χ0v) is 20.6. The fourth-order valence-electron chi connectivity index (χ4n) is 4.87. The van der Waals surface area contributed by atoms with Crippen LogP contribution in [0.1, 0.15) is 47.2 Å². The average Bonchev–Trinajstić information content (AvgIpc) is 3.21. The Kier molecular flexibility index (Phi) is 8.24. The number of benzene rings is 1. The maximum absolute atomic E-state index is 12.8. The molecule has 0 aliphatic carbocycles. The molecule has 2 unspecified atom stereocenters. The second-order valence-corrected chi connectivity index (χ2v) is 9.80. The van der Waals surface area contributed by atoms with Crippen molar-refractivity contribution in [1.29, 1.82) is 0 Å². The van der Waals surface area contributed by atoms with Crippen molar-refractivity contribution in [2.24, 2.45) is 5.92 Å². The number of aliphatic hydroxyl groups excluding tert-OH is 1. The van der Waals surface area contributed by atoms with Gasteiger partial charge in [-0.3, -0.25) is 4.79 Å². The van der Waals surface area contributed by atoms with Crippen LogP contribution in [0.3, 0.4) is 0 Å². The number of nitrogens with zero attached hydrogens (tertiary/aromatic N) is 3. The molecule has 1 aromatic heterocycles. The number of carbonyl (C=O) groups excluding carboxylic acids is 1. The van der Waals surface area contributed by atoms with Crippen LogP contribution in [0.15, 0.2) is 24.5 Å². The molecule has 2 aliphatic rings. The molecule has 0 radical (unpaired) electrons. The van der Waals surface area contributed by atoms with Crippen LogP contribution in [-0.2, 0) is 0 Å². The third-order valence-electron chi connectivity index (χ3n) is 6.76. The normalized spacial score (nSPS) is 21.0. The number of β-amino-alcohol motifs (C(OH)–C–C–N with tert-alkyl or cyclic N) is 1. The van der Waals surface area contributed by atoms with Gasteiger partial charge in [-0.15, -0.1) is 0 Å². The summed E-state index contributed by atoms with van der Waals surface area (Å²) in [6, 6.07) is 3.60. The predicted octanol–water partition coefficient (Wildman–Crippen LogP) is 2.88. The fourth-order valence-corrected chi connectivity index (χ4v) is 4.97. The van der Waals surface area contributed by atoms with E-state index in [0.717, 1.165) is 61.6 Å². The Morgan fingerprint density at radius 2 is 1.88 bits per heavy atom. The highest BCUT2D eigenvalue weighted by molar-refractivity contribution is 6.30. The van der Waals surface area contributed by atoms with Crippen LogP contribution in [0, 0.1) is 19.8 Å². The number of aromatic nitrogens is 2. The second kappa shape index (κ2) is 11.3. The van der Waals surface area contributed by atoms with Crippen molar-refractivity contribution in [1.82, 2.24) is 20.6 Å². The van der Waals surface area contributed by atoms with Crippen LogP contribution >= 0.6 is 11.6 Å². The summed E-state index contributed by atoms with van der Waals surface area (Å²) in [4.78, 5) is 23.6. The molecule has 0 saturated carbocycles. The summed E-state index contributed by atoms with van der Waals surface area (Å²) in [5.41, 5.74) is 2.41. The number of amides is 1. The maximum atomic E-state index is 12.8. The van der Waals surface area contributed by atoms with Crippen LogP contribution < -0.4 is 20.3 Å². The summed E-state index contributed by atoms with van der Waals surface area (Å²) in [6.07, 6.45) is 7.12. The van der Waals surface area contributed by atoms with Gasteiger partial charge in [-0.1, -0.05) is 11.6 Å². The van der Waals surface area contributed by atoms with Gasteiger partial charge in [0.15, 0.2) is 0 Å². The Balaban J connectivity index is 1.21. The van der Waals surface area contributed by atoms with Gasteiger partial charge in [0.25, 0.3) is 5.91 Å². The molecule has 2 fully saturated rings. The highest BCUT2D eigenvalue weighted by Gasteiger charge is 2.27. The van der Waals surface area contributed by atoms with E-state index in [4.69, 9.17) is 16.3 Å². The zero-order chi connectivity index (χ0) is 24.1. The van der Waals surface area contributed by atoms with Gasteiger partial charge in [-0.25, -0.2) is 9.97 Å². The molecule has 9 heteroatoms. The van der Waals surface area contributed by atoms with Gasteiger partial charge >= 0.3 is 0 Å². The SMILES string of the molecule is Cc1cc(OCCCC2CCN(c3ncc(Cl)cn3)CC2)cc(C)c1C(=O)NC1CNCC1O. The minimum absolute atomic E-state index is 0.148. The van der Waals surface area contributed by atoms with Crippen molar-refractivity contribution in [2.45, 2.75) is 51.7 Å². The zero-order valence-electron chi connectivity index (χ0n) is 19.9. The maximum Gasteiger partial charge on any atom is 0.252 e. The number of piperidine rings is 1. The van der Waals surface area contributed by atoms with E-state index in [1.54, 1.807) is 12.4 Å². The lowest BCUT2D eigenvalue weighted by molar-refractivity contribution is 0.0887. The molecule has 184 valence electrons. The molecule has 2 saturated heterocycles. The topological polar surface area (TPSA) is 99.6 Å². The van der Waals surface area contributed by atoms with Gasteiger partial charge in [-0.2, -0.15) is 0 Å². The minimum atomic E-state index is -0.551. The van der Waals surface area contributed by atoms with E-state index in [0.29, 0.717) is 36.2 Å². The van der Waals surface area contributed by atoms with E-state index in [1.165, 1.54) is 0 Å². The number of aliphatic hydroxyl groups is 1. The largest absolute Gasteiger partial charge is 0.494 e. The van der Waals surface area contributed by atoms with Gasteiger partial charge in [0, 0.05) is 31.7 Å². The number of rotatable bonds is 8. The molecule has 0 spiro atoms. The predicted molar refractivity (Wildman–Crippen MR) is 133 cm³/mol. The van der Waals surface area contributed by atoms with Crippen molar-refractivity contribution in [3.63, 3.8) is 0 Å². The first-order chi connectivity index (χ1) is 16.4. The molecule has 1 aromatic carbocycles. The quantitative estimate of drug-likeness (QED) is 0.492. The summed E-state index contributed by atoms with van der Waals surface area (Å²) in [5, 5.41) is 16.5. The Morgan fingerprint density at radius 3 is 2.50 bits per heavy atom. The molecule has 4 rings (SSSR count). The van der Waals surface area contributed by atoms with E-state index >= 15 is 0 Å². The third kappa shape index (κ3) is 6.17. The summed E-state index contributed by atoms with van der Waals surface area (Å²) >= 11 is 5.88. The van der Waals surface area contributed by atoms with E-state index in [-0.39, 0.29) is 11.9 Å². The Labute approximate surface area is 206 Å². The smallest absolute Gasteiger partial charge is 0.252 e. The summed E-state index contributed by atoms with van der Waals surface area (Å²) < 4.78 is 6.02. The van der Waals surface area contributed by atoms with Gasteiger partial charge in [-0.05, 0) is 68.7 Å². The van der Waals surface area contributed by atoms with E-state index in [1.807, 2.05) is 26.0 Å². The van der Waals surface area contributed by atoms with Gasteiger partial charge in [0.05, 0.1) is 36.2 Å². The van der Waals surface area contributed by atoms with Crippen LogP contribution in [0.2, 0.25) is 5.02 Å². The Bertz CT molecular complexity index is 956. The van der Waals surface area contributed by atoms with Gasteiger partial charge in [0.2, 0.25) is 5.95 Å². The number of hydrogen-bond donors (Lipinski definition) is 3. The number of ether oxygens (including phenoxy) is 1. The van der Waals surface area contributed by atoms with Gasteiger partial charge in [0.1, 0.15) is 5.75 Å². The molecule has 1 amide bonds. The van der Waals surface area contributed by atoms with Crippen molar-refractivity contribution in [3.8, 4) is 5.75 Å². The molecular weight excluding hydrogens is 454 g/mol. The lowest BCUT2D eigenvalue weighted by Gasteiger charge is -2.32. The van der Waals surface area contributed by atoms with Crippen molar-refractivity contribution in [2.75, 3.05) is 37.7 Å². The molecule has 8 nitrogen and oxygen atoms in total. The van der Waals surface area contributed by atoms with Crippen LogP contribution in [0.5, 0.6) is 5.75 Å². The average molecular weight is 488 g/mol. The first-order valence-corrected chi connectivity index (χ1v) is 12.4. The first-order valence-electron chi connectivity index (χ1n) is 12.1. The molecule has 3 N–H and O–H groups in total. The monoisotopic (exact) mass is 487 g/mol. The van der Waals surface area contributed by atoms with Gasteiger partial charge < -0.3 is 25.4 Å². The highest BCUT2D eigenvalue weighted by atomic mass is 35.5. The first kappa shape index (κ1) is 24.7. The van der Waals surface area contributed by atoms with Crippen LogP contribution in [0.25, 0.3) is 0 Å². The Morgan fingerprint density at radius 1 is 1.21 bits per heavy atom. The molecule has 34 heavy (non-hydrogen) atoms. The summed E-state index contributed by atoms with van der Waals surface area (Å²) in [5.74, 6) is 2.08. The highest BCUT2D eigenvalue weighted by Crippen LogP contribution is 2.26. The summed E-state index contributed by atoms with van der Waals surface area (Å²) in [6.45, 7) is 7.52. The lowest BCUT2D eigenvalue weighted by Crippen LogP contribution is -2.43. The minimum Gasteiger partial charge on any atom is -0.494 e. The standard InChI is InChI=1S/C25H34ClN5O3/c1-16-10-20(11-17(2)23(16)24(33)30-21-14-27-15-22(21)32)34-9-3-4-18-5-7-31(8-6-18)25-28-12-19(26)13-29-25/h10-13,18,21-22,27,32H,3-9,14-15H2,1-2H3,(H,30,33). The van der Waals surface area contributed by atoms with Crippen LogP contribution in [0.4, 0.5) is 5.95 Å².